The molecule has 1 amide bonds. The summed E-state index contributed by atoms with van der Waals surface area (Å²) in [6.07, 6.45) is 0.230. The summed E-state index contributed by atoms with van der Waals surface area (Å²) in [7, 11) is 0. The van der Waals surface area contributed by atoms with Gasteiger partial charge in [0.2, 0.25) is 5.91 Å². The van der Waals surface area contributed by atoms with Crippen LogP contribution in [0.3, 0.4) is 0 Å². The second kappa shape index (κ2) is 9.65. The van der Waals surface area contributed by atoms with Crippen molar-refractivity contribution in [1.29, 1.82) is 0 Å². The second-order valence-electron chi connectivity index (χ2n) is 6.30. The molecule has 0 unspecified atom stereocenters. The summed E-state index contributed by atoms with van der Waals surface area (Å²) >= 11 is 0. The standard InChI is InChI=1S/C23H21F2NO2/c24-19-11-12-21(25)18(16-19)10-13-23(27)26-14-15-28-22-9-5-4-8-20(22)17-6-2-1-3-7-17/h1-9,11-12,16H,10,13-15H2,(H,26,27). The molecule has 0 fully saturated rings. The molecule has 5 heteroatoms. The lowest BCUT2D eigenvalue weighted by atomic mass is 10.1. The summed E-state index contributed by atoms with van der Waals surface area (Å²) in [6.45, 7) is 0.636. The van der Waals surface area contributed by atoms with Crippen molar-refractivity contribution in [3.8, 4) is 16.9 Å². The molecule has 3 nitrogen and oxygen atoms in total. The van der Waals surface area contributed by atoms with Crippen LogP contribution in [0.1, 0.15) is 12.0 Å². The highest BCUT2D eigenvalue weighted by Crippen LogP contribution is 2.29. The summed E-state index contributed by atoms with van der Waals surface area (Å²) in [5.41, 5.74) is 2.23. The van der Waals surface area contributed by atoms with E-state index in [-0.39, 0.29) is 24.3 Å². The maximum absolute atomic E-state index is 13.6. The van der Waals surface area contributed by atoms with Crippen LogP contribution in [-0.2, 0) is 11.2 Å². The van der Waals surface area contributed by atoms with Crippen LogP contribution in [0.2, 0.25) is 0 Å². The van der Waals surface area contributed by atoms with Gasteiger partial charge >= 0.3 is 0 Å². The minimum Gasteiger partial charge on any atom is -0.491 e. The average molecular weight is 381 g/mol. The van der Waals surface area contributed by atoms with E-state index in [1.807, 2.05) is 54.6 Å². The molecule has 1 N–H and O–H groups in total. The molecule has 0 radical (unpaired) electrons. The number of benzene rings is 3. The fourth-order valence-corrected chi connectivity index (χ4v) is 2.87. The van der Waals surface area contributed by atoms with Crippen LogP contribution in [0, 0.1) is 11.6 Å². The van der Waals surface area contributed by atoms with E-state index < -0.39 is 11.6 Å². The number of amides is 1. The first-order valence-electron chi connectivity index (χ1n) is 9.11. The van der Waals surface area contributed by atoms with Gasteiger partial charge in [-0.3, -0.25) is 4.79 Å². The van der Waals surface area contributed by atoms with Crippen LogP contribution in [-0.4, -0.2) is 19.1 Å². The Balaban J connectivity index is 1.46. The number of hydrogen-bond acceptors (Lipinski definition) is 2. The van der Waals surface area contributed by atoms with Crippen molar-refractivity contribution >= 4 is 5.91 Å². The molecule has 3 aromatic rings. The Labute approximate surface area is 163 Å². The van der Waals surface area contributed by atoms with Crippen molar-refractivity contribution in [1.82, 2.24) is 5.32 Å². The van der Waals surface area contributed by atoms with E-state index in [4.69, 9.17) is 4.74 Å². The van der Waals surface area contributed by atoms with Crippen LogP contribution in [0.25, 0.3) is 11.1 Å². The van der Waals surface area contributed by atoms with E-state index in [1.165, 1.54) is 0 Å². The number of aryl methyl sites for hydroxylation is 1. The Morgan fingerprint density at radius 2 is 1.68 bits per heavy atom. The van der Waals surface area contributed by atoms with E-state index in [9.17, 15) is 13.6 Å². The monoisotopic (exact) mass is 381 g/mol. The quantitative estimate of drug-likeness (QED) is 0.572. The molecule has 0 heterocycles. The molecular weight excluding hydrogens is 360 g/mol. The zero-order valence-corrected chi connectivity index (χ0v) is 15.3. The molecule has 0 aliphatic heterocycles. The fraction of sp³-hybridized carbons (Fsp3) is 0.174. The van der Waals surface area contributed by atoms with Gasteiger partial charge in [-0.2, -0.15) is 0 Å². The number of carbonyl (C=O) groups is 1. The van der Waals surface area contributed by atoms with E-state index in [2.05, 4.69) is 5.32 Å². The number of para-hydroxylation sites is 1. The molecule has 0 spiro atoms. The lowest BCUT2D eigenvalue weighted by Gasteiger charge is -2.12. The van der Waals surface area contributed by atoms with Crippen molar-refractivity contribution in [2.45, 2.75) is 12.8 Å². The molecule has 0 aliphatic rings. The van der Waals surface area contributed by atoms with Gasteiger partial charge in [-0.05, 0) is 41.8 Å². The highest BCUT2D eigenvalue weighted by molar-refractivity contribution is 5.76. The summed E-state index contributed by atoms with van der Waals surface area (Å²) in [4.78, 5) is 11.9. The first kappa shape index (κ1) is 19.5. The minimum atomic E-state index is -0.512. The Morgan fingerprint density at radius 3 is 2.50 bits per heavy atom. The van der Waals surface area contributed by atoms with E-state index >= 15 is 0 Å². The third-order valence-corrected chi connectivity index (χ3v) is 4.28. The summed E-state index contributed by atoms with van der Waals surface area (Å²) in [5, 5.41) is 2.74. The molecule has 3 aromatic carbocycles. The van der Waals surface area contributed by atoms with Crippen molar-refractivity contribution in [3.05, 3.63) is 90.0 Å². The van der Waals surface area contributed by atoms with Crippen molar-refractivity contribution in [2.75, 3.05) is 13.2 Å². The molecule has 0 atom stereocenters. The van der Waals surface area contributed by atoms with Crippen molar-refractivity contribution in [3.63, 3.8) is 0 Å². The molecular formula is C23H21F2NO2. The Kier molecular flexibility index (Phi) is 6.73. The maximum atomic E-state index is 13.6. The molecule has 0 aromatic heterocycles. The molecule has 3 rings (SSSR count). The van der Waals surface area contributed by atoms with Gasteiger partial charge < -0.3 is 10.1 Å². The normalized spacial score (nSPS) is 10.5. The van der Waals surface area contributed by atoms with Gasteiger partial charge in [0.05, 0.1) is 6.54 Å². The number of halogens is 2. The number of rotatable bonds is 8. The Morgan fingerprint density at radius 1 is 0.929 bits per heavy atom. The van der Waals surface area contributed by atoms with Crippen LogP contribution < -0.4 is 10.1 Å². The highest BCUT2D eigenvalue weighted by Gasteiger charge is 2.08. The third kappa shape index (κ3) is 5.39. The molecule has 0 saturated carbocycles. The minimum absolute atomic E-state index is 0.0843. The van der Waals surface area contributed by atoms with Crippen LogP contribution in [0.5, 0.6) is 5.75 Å². The predicted octanol–water partition coefficient (Wildman–Crippen LogP) is 4.76. The smallest absolute Gasteiger partial charge is 0.220 e. The molecule has 0 aliphatic carbocycles. The third-order valence-electron chi connectivity index (χ3n) is 4.28. The van der Waals surface area contributed by atoms with Gasteiger partial charge in [-0.1, -0.05) is 48.5 Å². The first-order valence-corrected chi connectivity index (χ1v) is 9.11. The van der Waals surface area contributed by atoms with Gasteiger partial charge in [-0.25, -0.2) is 8.78 Å². The summed E-state index contributed by atoms with van der Waals surface area (Å²) < 4.78 is 32.5. The summed E-state index contributed by atoms with van der Waals surface area (Å²) in [6, 6.07) is 20.9. The summed E-state index contributed by atoms with van der Waals surface area (Å²) in [5.74, 6) is -0.509. The lowest BCUT2D eigenvalue weighted by molar-refractivity contribution is -0.121. The largest absolute Gasteiger partial charge is 0.491 e. The van der Waals surface area contributed by atoms with E-state index in [0.717, 1.165) is 35.1 Å². The molecule has 28 heavy (non-hydrogen) atoms. The van der Waals surface area contributed by atoms with Crippen molar-refractivity contribution in [2.24, 2.45) is 0 Å². The predicted molar refractivity (Wildman–Crippen MR) is 105 cm³/mol. The van der Waals surface area contributed by atoms with Crippen LogP contribution in [0.4, 0.5) is 8.78 Å². The maximum Gasteiger partial charge on any atom is 0.220 e. The molecule has 0 saturated heterocycles. The lowest BCUT2D eigenvalue weighted by Crippen LogP contribution is -2.28. The molecule has 144 valence electrons. The highest BCUT2D eigenvalue weighted by atomic mass is 19.1. The number of ether oxygens (including phenoxy) is 1. The Hall–Kier alpha value is -3.21. The molecule has 0 bridgehead atoms. The zero-order valence-electron chi connectivity index (χ0n) is 15.3. The number of hydrogen-bond donors (Lipinski definition) is 1. The number of carbonyl (C=O) groups excluding carboxylic acids is 1. The van der Waals surface area contributed by atoms with Crippen molar-refractivity contribution < 1.29 is 18.3 Å². The van der Waals surface area contributed by atoms with Gasteiger partial charge in [-0.15, -0.1) is 0 Å². The topological polar surface area (TPSA) is 38.3 Å². The first-order chi connectivity index (χ1) is 13.6. The van der Waals surface area contributed by atoms with Gasteiger partial charge in [0.1, 0.15) is 24.0 Å². The average Bonchev–Trinajstić information content (AvgIpc) is 2.73. The zero-order chi connectivity index (χ0) is 19.8. The van der Waals surface area contributed by atoms with Crippen LogP contribution >= 0.6 is 0 Å². The van der Waals surface area contributed by atoms with E-state index in [0.29, 0.717) is 13.2 Å². The van der Waals surface area contributed by atoms with E-state index in [1.54, 1.807) is 0 Å². The van der Waals surface area contributed by atoms with Crippen LogP contribution in [0.15, 0.2) is 72.8 Å². The van der Waals surface area contributed by atoms with Gasteiger partial charge in [0, 0.05) is 12.0 Å². The SMILES string of the molecule is O=C(CCc1cc(F)ccc1F)NCCOc1ccccc1-c1ccccc1. The van der Waals surface area contributed by atoms with Gasteiger partial charge in [0.15, 0.2) is 0 Å². The second-order valence-corrected chi connectivity index (χ2v) is 6.30. The number of nitrogens with one attached hydrogen (secondary N) is 1. The fourth-order valence-electron chi connectivity index (χ4n) is 2.87. The van der Waals surface area contributed by atoms with Gasteiger partial charge in [0.25, 0.3) is 0 Å². The Bertz CT molecular complexity index is 929.